The van der Waals surface area contributed by atoms with E-state index in [1.807, 2.05) is 24.3 Å². The van der Waals surface area contributed by atoms with E-state index in [4.69, 9.17) is 0 Å². The maximum Gasteiger partial charge on any atom is 0.271 e. The summed E-state index contributed by atoms with van der Waals surface area (Å²) in [5.41, 5.74) is 2.00. The number of amides is 1. The summed E-state index contributed by atoms with van der Waals surface area (Å²) in [6, 6.07) is 16.4. The van der Waals surface area contributed by atoms with E-state index < -0.39 is 5.82 Å². The van der Waals surface area contributed by atoms with Gasteiger partial charge in [0.25, 0.3) is 5.56 Å². The number of halogens is 1. The normalized spacial score (nSPS) is 10.9. The molecule has 0 saturated carbocycles. The number of anilines is 1. The second-order valence-electron chi connectivity index (χ2n) is 6.52. The van der Waals surface area contributed by atoms with Gasteiger partial charge in [-0.2, -0.15) is 9.78 Å². The average molecular weight is 397 g/mol. The highest BCUT2D eigenvalue weighted by atomic mass is 32.2. The second-order valence-corrected chi connectivity index (χ2v) is 7.51. The van der Waals surface area contributed by atoms with Crippen molar-refractivity contribution >= 4 is 23.4 Å². The Bertz CT molecular complexity index is 1030. The Balaban J connectivity index is 1.69. The molecule has 0 spiro atoms. The van der Waals surface area contributed by atoms with Crippen LogP contribution in [0, 0.1) is 5.82 Å². The first-order valence-corrected chi connectivity index (χ1v) is 9.80. The SMILES string of the molecule is CC(C)c1ccc(-n2nc(SCC(=O)Nc3cccc(F)c3)ccc2=O)cc1. The van der Waals surface area contributed by atoms with Gasteiger partial charge in [-0.05, 0) is 47.9 Å². The van der Waals surface area contributed by atoms with E-state index in [2.05, 4.69) is 24.3 Å². The average Bonchev–Trinajstić information content (AvgIpc) is 2.67. The van der Waals surface area contributed by atoms with Crippen LogP contribution in [0.4, 0.5) is 10.1 Å². The summed E-state index contributed by atoms with van der Waals surface area (Å²) in [7, 11) is 0. The number of hydrogen-bond donors (Lipinski definition) is 1. The van der Waals surface area contributed by atoms with Crippen molar-refractivity contribution in [1.82, 2.24) is 9.78 Å². The molecule has 1 aromatic heterocycles. The zero-order valence-corrected chi connectivity index (χ0v) is 16.4. The number of benzene rings is 2. The molecule has 0 bridgehead atoms. The first-order valence-electron chi connectivity index (χ1n) is 8.81. The molecule has 1 N–H and O–H groups in total. The summed E-state index contributed by atoms with van der Waals surface area (Å²) in [5, 5.41) is 7.51. The van der Waals surface area contributed by atoms with Gasteiger partial charge in [0.15, 0.2) is 0 Å². The highest BCUT2D eigenvalue weighted by Gasteiger charge is 2.08. The van der Waals surface area contributed by atoms with Gasteiger partial charge in [0.2, 0.25) is 5.91 Å². The van der Waals surface area contributed by atoms with Gasteiger partial charge < -0.3 is 5.32 Å². The molecule has 0 aliphatic rings. The molecule has 28 heavy (non-hydrogen) atoms. The minimum atomic E-state index is -0.414. The van der Waals surface area contributed by atoms with E-state index in [1.54, 1.807) is 12.1 Å². The lowest BCUT2D eigenvalue weighted by molar-refractivity contribution is -0.113. The topological polar surface area (TPSA) is 64.0 Å². The summed E-state index contributed by atoms with van der Waals surface area (Å²) in [5.74, 6) is -0.204. The fourth-order valence-corrected chi connectivity index (χ4v) is 3.21. The molecule has 3 aromatic rings. The molecule has 0 saturated heterocycles. The maximum atomic E-state index is 13.2. The van der Waals surface area contributed by atoms with E-state index in [1.165, 1.54) is 46.3 Å². The molecule has 0 aliphatic heterocycles. The lowest BCUT2D eigenvalue weighted by Gasteiger charge is -2.09. The Morgan fingerprint density at radius 1 is 1.14 bits per heavy atom. The van der Waals surface area contributed by atoms with Crippen LogP contribution in [0.2, 0.25) is 0 Å². The fourth-order valence-electron chi connectivity index (χ4n) is 2.56. The zero-order valence-electron chi connectivity index (χ0n) is 15.6. The number of hydrogen-bond acceptors (Lipinski definition) is 4. The van der Waals surface area contributed by atoms with Crippen molar-refractivity contribution in [1.29, 1.82) is 0 Å². The van der Waals surface area contributed by atoms with Gasteiger partial charge in [0.05, 0.1) is 11.4 Å². The van der Waals surface area contributed by atoms with Crippen LogP contribution in [0.5, 0.6) is 0 Å². The van der Waals surface area contributed by atoms with E-state index in [-0.39, 0.29) is 17.2 Å². The molecule has 5 nitrogen and oxygen atoms in total. The summed E-state index contributed by atoms with van der Waals surface area (Å²) < 4.78 is 14.5. The van der Waals surface area contributed by atoms with Crippen molar-refractivity contribution < 1.29 is 9.18 Å². The van der Waals surface area contributed by atoms with Crippen molar-refractivity contribution in [3.05, 3.63) is 82.4 Å². The van der Waals surface area contributed by atoms with Crippen LogP contribution >= 0.6 is 11.8 Å². The molecular weight excluding hydrogens is 377 g/mol. The Morgan fingerprint density at radius 3 is 2.57 bits per heavy atom. The third kappa shape index (κ3) is 5.07. The first-order chi connectivity index (χ1) is 13.4. The van der Waals surface area contributed by atoms with Gasteiger partial charge in [-0.3, -0.25) is 9.59 Å². The zero-order chi connectivity index (χ0) is 20.1. The molecule has 3 rings (SSSR count). The molecule has 144 valence electrons. The molecule has 0 radical (unpaired) electrons. The third-order valence-electron chi connectivity index (χ3n) is 4.04. The summed E-state index contributed by atoms with van der Waals surface area (Å²) >= 11 is 1.20. The molecular formula is C21H20FN3O2S. The van der Waals surface area contributed by atoms with Gasteiger partial charge in [-0.15, -0.1) is 0 Å². The molecule has 1 amide bonds. The van der Waals surface area contributed by atoms with Crippen LogP contribution in [-0.4, -0.2) is 21.4 Å². The van der Waals surface area contributed by atoms with E-state index >= 15 is 0 Å². The largest absolute Gasteiger partial charge is 0.325 e. The van der Waals surface area contributed by atoms with Crippen LogP contribution < -0.4 is 10.9 Å². The predicted molar refractivity (Wildman–Crippen MR) is 110 cm³/mol. The Hall–Kier alpha value is -2.93. The number of rotatable bonds is 6. The molecule has 0 fully saturated rings. The van der Waals surface area contributed by atoms with Crippen LogP contribution in [0.3, 0.4) is 0 Å². The fraction of sp³-hybridized carbons (Fsp3) is 0.190. The number of carbonyl (C=O) groups is 1. The molecule has 0 atom stereocenters. The quantitative estimate of drug-likeness (QED) is 0.633. The molecule has 7 heteroatoms. The minimum Gasteiger partial charge on any atom is -0.325 e. The van der Waals surface area contributed by atoms with Crippen molar-refractivity contribution in [3.63, 3.8) is 0 Å². The third-order valence-corrected chi connectivity index (χ3v) is 4.96. The lowest BCUT2D eigenvalue weighted by atomic mass is 10.0. The van der Waals surface area contributed by atoms with Crippen LogP contribution in [-0.2, 0) is 4.79 Å². The standard InChI is InChI=1S/C21H20FN3O2S/c1-14(2)15-6-8-18(9-7-15)25-21(27)11-10-20(24-25)28-13-19(26)23-17-5-3-4-16(22)12-17/h3-12,14H,13H2,1-2H3,(H,23,26). The first kappa shape index (κ1) is 19.8. The Morgan fingerprint density at radius 2 is 1.89 bits per heavy atom. The predicted octanol–water partition coefficient (Wildman–Crippen LogP) is 4.23. The van der Waals surface area contributed by atoms with Crippen LogP contribution in [0.1, 0.15) is 25.3 Å². The number of nitrogens with zero attached hydrogens (tertiary/aromatic N) is 2. The van der Waals surface area contributed by atoms with Crippen molar-refractivity contribution in [2.75, 3.05) is 11.1 Å². The monoisotopic (exact) mass is 397 g/mol. The molecule has 0 aliphatic carbocycles. The van der Waals surface area contributed by atoms with Crippen LogP contribution in [0.25, 0.3) is 5.69 Å². The van der Waals surface area contributed by atoms with E-state index in [9.17, 15) is 14.0 Å². The van der Waals surface area contributed by atoms with Crippen molar-refractivity contribution in [2.24, 2.45) is 0 Å². The van der Waals surface area contributed by atoms with Crippen molar-refractivity contribution in [3.8, 4) is 5.69 Å². The van der Waals surface area contributed by atoms with Gasteiger partial charge in [0.1, 0.15) is 10.8 Å². The molecule has 0 unspecified atom stereocenters. The molecule has 1 heterocycles. The van der Waals surface area contributed by atoms with E-state index in [0.717, 1.165) is 0 Å². The second kappa shape index (κ2) is 8.84. The van der Waals surface area contributed by atoms with Crippen molar-refractivity contribution in [2.45, 2.75) is 24.8 Å². The number of nitrogens with one attached hydrogen (secondary N) is 1. The summed E-state index contributed by atoms with van der Waals surface area (Å²) in [4.78, 5) is 24.2. The molecule has 2 aromatic carbocycles. The highest BCUT2D eigenvalue weighted by Crippen LogP contribution is 2.18. The Kier molecular flexibility index (Phi) is 6.26. The maximum absolute atomic E-state index is 13.2. The minimum absolute atomic E-state index is 0.0913. The lowest BCUT2D eigenvalue weighted by Crippen LogP contribution is -2.21. The van der Waals surface area contributed by atoms with Gasteiger partial charge in [-0.1, -0.05) is 43.8 Å². The van der Waals surface area contributed by atoms with Crippen LogP contribution in [0.15, 0.2) is 70.5 Å². The van der Waals surface area contributed by atoms with Gasteiger partial charge in [0, 0.05) is 11.8 Å². The smallest absolute Gasteiger partial charge is 0.271 e. The van der Waals surface area contributed by atoms with E-state index in [0.29, 0.717) is 22.3 Å². The number of aromatic nitrogens is 2. The highest BCUT2D eigenvalue weighted by molar-refractivity contribution is 7.99. The number of carbonyl (C=O) groups excluding carboxylic acids is 1. The summed E-state index contributed by atoms with van der Waals surface area (Å²) in [6.45, 7) is 4.21. The van der Waals surface area contributed by atoms with Gasteiger partial charge >= 0.3 is 0 Å². The van der Waals surface area contributed by atoms with Gasteiger partial charge in [-0.25, -0.2) is 4.39 Å². The Labute approximate surface area is 166 Å². The number of thioether (sulfide) groups is 1. The summed E-state index contributed by atoms with van der Waals surface area (Å²) in [6.07, 6.45) is 0.